The van der Waals surface area contributed by atoms with E-state index < -0.39 is 11.6 Å². The first-order valence-electron chi connectivity index (χ1n) is 9.54. The van der Waals surface area contributed by atoms with Gasteiger partial charge >= 0.3 is 0 Å². The Morgan fingerprint density at radius 2 is 1.70 bits per heavy atom. The Morgan fingerprint density at radius 3 is 2.30 bits per heavy atom. The van der Waals surface area contributed by atoms with Crippen LogP contribution in [-0.4, -0.2) is 22.3 Å². The average Bonchev–Trinajstić information content (AvgIpc) is 2.69. The van der Waals surface area contributed by atoms with E-state index in [2.05, 4.69) is 5.32 Å². The lowest BCUT2D eigenvalue weighted by Crippen LogP contribution is -2.46. The molecule has 0 saturated heterocycles. The predicted molar refractivity (Wildman–Crippen MR) is 121 cm³/mol. The Hall–Kier alpha value is -3.18. The zero-order valence-corrected chi connectivity index (χ0v) is 17.8. The third-order valence-corrected chi connectivity index (χ3v) is 4.80. The van der Waals surface area contributed by atoms with E-state index in [9.17, 15) is 14.4 Å². The van der Waals surface area contributed by atoms with Gasteiger partial charge in [0.05, 0.1) is 0 Å². The topological polar surface area (TPSA) is 68.2 Å². The van der Waals surface area contributed by atoms with Crippen LogP contribution in [0.2, 0.25) is 5.02 Å². The summed E-state index contributed by atoms with van der Waals surface area (Å²) in [5.74, 6) is -0.312. The maximum Gasteiger partial charge on any atom is 0.259 e. The van der Waals surface area contributed by atoms with Crippen LogP contribution in [0.25, 0.3) is 16.8 Å². The Morgan fingerprint density at radius 1 is 1.07 bits per heavy atom. The van der Waals surface area contributed by atoms with Gasteiger partial charge in [-0.05, 0) is 67.6 Å². The Labute approximate surface area is 180 Å². The molecule has 0 aliphatic carbocycles. The number of nitrogens with one attached hydrogen (secondary N) is 1. The minimum Gasteiger partial charge on any atom is -0.349 e. The van der Waals surface area contributed by atoms with Crippen molar-refractivity contribution in [2.75, 3.05) is 0 Å². The molecule has 1 amide bonds. The minimum atomic E-state index is -0.901. The molecule has 0 fully saturated rings. The molecule has 1 heterocycles. The summed E-state index contributed by atoms with van der Waals surface area (Å²) < 4.78 is 1.41. The normalized spacial score (nSPS) is 12.8. The van der Waals surface area contributed by atoms with Gasteiger partial charge in [0.2, 0.25) is 5.91 Å². The zero-order valence-electron chi connectivity index (χ0n) is 17.1. The number of halogens is 1. The van der Waals surface area contributed by atoms with Crippen LogP contribution in [0.15, 0.2) is 65.6 Å². The molecule has 0 radical (unpaired) electrons. The summed E-state index contributed by atoms with van der Waals surface area (Å²) in [4.78, 5) is 37.5. The van der Waals surface area contributed by atoms with Crippen molar-refractivity contribution in [2.24, 2.45) is 0 Å². The average molecular weight is 423 g/mol. The number of benzene rings is 2. The van der Waals surface area contributed by atoms with Gasteiger partial charge in [-0.3, -0.25) is 19.0 Å². The maximum atomic E-state index is 13.4. The number of hydrogen-bond donors (Lipinski definition) is 1. The molecule has 5 nitrogen and oxygen atoms in total. The molecule has 1 aromatic heterocycles. The number of pyridine rings is 1. The largest absolute Gasteiger partial charge is 0.349 e. The fourth-order valence-corrected chi connectivity index (χ4v) is 3.45. The molecule has 2 aromatic carbocycles. The summed E-state index contributed by atoms with van der Waals surface area (Å²) in [7, 11) is 0. The zero-order chi connectivity index (χ0) is 21.9. The molecule has 0 aliphatic rings. The first-order valence-corrected chi connectivity index (χ1v) is 9.92. The number of carbonyl (C=O) groups is 2. The molecule has 6 heteroatoms. The van der Waals surface area contributed by atoms with Crippen LogP contribution in [0.5, 0.6) is 0 Å². The van der Waals surface area contributed by atoms with E-state index in [0.29, 0.717) is 33.2 Å². The van der Waals surface area contributed by atoms with Crippen LogP contribution in [-0.2, 0) is 9.59 Å². The van der Waals surface area contributed by atoms with Crippen LogP contribution in [0.1, 0.15) is 37.9 Å². The second-order valence-electron chi connectivity index (χ2n) is 8.03. The molecule has 3 rings (SSSR count). The molecule has 1 atom stereocenters. The van der Waals surface area contributed by atoms with Gasteiger partial charge in [0.25, 0.3) is 5.56 Å². The van der Waals surface area contributed by atoms with Crippen molar-refractivity contribution >= 4 is 40.6 Å². The highest BCUT2D eigenvalue weighted by molar-refractivity contribution is 6.30. The lowest BCUT2D eigenvalue weighted by Gasteiger charge is -2.27. The Kier molecular flexibility index (Phi) is 6.22. The number of hydrogen-bond acceptors (Lipinski definition) is 3. The third-order valence-electron chi connectivity index (χ3n) is 4.55. The smallest absolute Gasteiger partial charge is 0.259 e. The molecular formula is C24H23ClN2O3. The number of carbonyl (C=O) groups excluding carboxylic acids is 2. The van der Waals surface area contributed by atoms with Gasteiger partial charge in [-0.15, -0.1) is 0 Å². The number of aldehydes is 1. The van der Waals surface area contributed by atoms with Crippen LogP contribution in [0, 0.1) is 0 Å². The first-order chi connectivity index (χ1) is 14.2. The first kappa shape index (κ1) is 21.5. The molecule has 0 bridgehead atoms. The van der Waals surface area contributed by atoms with Gasteiger partial charge in [0, 0.05) is 22.1 Å². The lowest BCUT2D eigenvalue weighted by molar-refractivity contribution is -0.124. The lowest BCUT2D eigenvalue weighted by atomic mass is 10.0. The molecule has 0 saturated carbocycles. The summed E-state index contributed by atoms with van der Waals surface area (Å²) in [6.45, 7) is 5.64. The minimum absolute atomic E-state index is 0.294. The quantitative estimate of drug-likeness (QED) is 0.490. The third kappa shape index (κ3) is 4.69. The Balaban J connectivity index is 2.29. The van der Waals surface area contributed by atoms with Gasteiger partial charge in [-0.25, -0.2) is 0 Å². The van der Waals surface area contributed by atoms with Crippen molar-refractivity contribution in [1.82, 2.24) is 9.88 Å². The number of rotatable bonds is 5. The van der Waals surface area contributed by atoms with Crippen LogP contribution in [0.4, 0.5) is 0 Å². The SMILES string of the molecule is CC(C)(C)NC(=O)C(c1ccc(Cl)cc1)n1cc(/C=C/C=O)c2ccccc2c1=O. The van der Waals surface area contributed by atoms with E-state index >= 15 is 0 Å². The van der Waals surface area contributed by atoms with Gasteiger partial charge in [-0.1, -0.05) is 41.9 Å². The number of fused-ring (bicyclic) bond motifs is 1. The number of allylic oxidation sites excluding steroid dienone is 1. The van der Waals surface area contributed by atoms with Crippen molar-refractivity contribution in [1.29, 1.82) is 0 Å². The van der Waals surface area contributed by atoms with Crippen molar-refractivity contribution in [3.05, 3.63) is 87.3 Å². The highest BCUT2D eigenvalue weighted by Crippen LogP contribution is 2.24. The molecule has 0 aliphatic heterocycles. The number of aromatic nitrogens is 1. The van der Waals surface area contributed by atoms with Crippen molar-refractivity contribution in [2.45, 2.75) is 32.4 Å². The summed E-state index contributed by atoms with van der Waals surface area (Å²) in [5.41, 5.74) is 0.518. The number of amides is 1. The van der Waals surface area contributed by atoms with E-state index in [1.165, 1.54) is 10.6 Å². The van der Waals surface area contributed by atoms with Crippen molar-refractivity contribution < 1.29 is 9.59 Å². The second-order valence-corrected chi connectivity index (χ2v) is 8.47. The molecule has 3 aromatic rings. The number of nitrogens with zero attached hydrogens (tertiary/aromatic N) is 1. The highest BCUT2D eigenvalue weighted by atomic mass is 35.5. The van der Waals surface area contributed by atoms with Gasteiger partial charge < -0.3 is 5.32 Å². The summed E-state index contributed by atoms with van der Waals surface area (Å²) in [5, 5.41) is 4.68. The molecule has 0 spiro atoms. The van der Waals surface area contributed by atoms with E-state index in [4.69, 9.17) is 11.6 Å². The van der Waals surface area contributed by atoms with E-state index in [1.54, 1.807) is 48.7 Å². The van der Waals surface area contributed by atoms with E-state index in [0.717, 1.165) is 0 Å². The molecular weight excluding hydrogens is 400 g/mol. The van der Waals surface area contributed by atoms with Gasteiger partial charge in [0.15, 0.2) is 0 Å². The molecule has 1 unspecified atom stereocenters. The Bertz CT molecular complexity index is 1170. The monoisotopic (exact) mass is 422 g/mol. The van der Waals surface area contributed by atoms with Gasteiger partial charge in [0.1, 0.15) is 12.3 Å². The van der Waals surface area contributed by atoms with Crippen LogP contribution < -0.4 is 10.9 Å². The standard InChI is InChI=1S/C24H23ClN2O3/c1-24(2,3)26-22(29)21(16-10-12-18(25)13-11-16)27-15-17(7-6-14-28)19-8-4-5-9-20(19)23(27)30/h4-15,21H,1-3H3,(H,26,29)/b7-6+. The fourth-order valence-electron chi connectivity index (χ4n) is 3.33. The fraction of sp³-hybridized carbons (Fsp3) is 0.208. The molecule has 154 valence electrons. The van der Waals surface area contributed by atoms with Crippen LogP contribution in [0.3, 0.4) is 0 Å². The van der Waals surface area contributed by atoms with Crippen LogP contribution >= 0.6 is 11.6 Å². The van der Waals surface area contributed by atoms with Crippen molar-refractivity contribution in [3.63, 3.8) is 0 Å². The van der Waals surface area contributed by atoms with E-state index in [-0.39, 0.29) is 11.5 Å². The summed E-state index contributed by atoms with van der Waals surface area (Å²) >= 11 is 6.03. The predicted octanol–water partition coefficient (Wildman–Crippen LogP) is 4.37. The maximum absolute atomic E-state index is 13.4. The second kappa shape index (κ2) is 8.67. The summed E-state index contributed by atoms with van der Waals surface area (Å²) in [6, 6.07) is 13.1. The molecule has 30 heavy (non-hydrogen) atoms. The summed E-state index contributed by atoms with van der Waals surface area (Å²) in [6.07, 6.45) is 5.29. The van der Waals surface area contributed by atoms with Crippen molar-refractivity contribution in [3.8, 4) is 0 Å². The van der Waals surface area contributed by atoms with Gasteiger partial charge in [-0.2, -0.15) is 0 Å². The van der Waals surface area contributed by atoms with E-state index in [1.807, 2.05) is 32.9 Å². The highest BCUT2D eigenvalue weighted by Gasteiger charge is 2.27. The molecule has 1 N–H and O–H groups in total.